The Morgan fingerprint density at radius 2 is 1.81 bits per heavy atom. The van der Waals surface area contributed by atoms with Crippen molar-refractivity contribution in [3.05, 3.63) is 40.5 Å². The molecule has 0 amide bonds. The second-order valence-electron chi connectivity index (χ2n) is 11.1. The van der Waals surface area contributed by atoms with E-state index in [0.29, 0.717) is 62.2 Å². The van der Waals surface area contributed by atoms with Gasteiger partial charge in [-0.1, -0.05) is 11.3 Å². The first-order chi connectivity index (χ1) is 20.4. The van der Waals surface area contributed by atoms with E-state index < -0.39 is 23.5 Å². The van der Waals surface area contributed by atoms with E-state index >= 15 is 4.39 Å². The number of anilines is 3. The zero-order chi connectivity index (χ0) is 30.9. The van der Waals surface area contributed by atoms with Crippen LogP contribution in [0.3, 0.4) is 0 Å². The Labute approximate surface area is 250 Å². The van der Waals surface area contributed by atoms with Gasteiger partial charge in [0.1, 0.15) is 6.33 Å². The smallest absolute Gasteiger partial charge is 0.418 e. The molecule has 2 aliphatic rings. The summed E-state index contributed by atoms with van der Waals surface area (Å²) in [5.74, 6) is -1.51. The third-order valence-corrected chi connectivity index (χ3v) is 9.09. The molecule has 0 spiro atoms. The van der Waals surface area contributed by atoms with Crippen molar-refractivity contribution in [2.45, 2.75) is 64.8 Å². The van der Waals surface area contributed by atoms with Gasteiger partial charge in [0.15, 0.2) is 16.8 Å². The molecule has 5 heterocycles. The van der Waals surface area contributed by atoms with Gasteiger partial charge in [-0.3, -0.25) is 19.6 Å². The highest BCUT2D eigenvalue weighted by atomic mass is 32.1. The number of nitrogens with zero attached hydrogens (tertiary/aromatic N) is 7. The van der Waals surface area contributed by atoms with Crippen LogP contribution in [0.4, 0.5) is 34.3 Å². The molecule has 232 valence electrons. The number of hydrogen-bond donors (Lipinski definition) is 2. The Bertz CT molecular complexity index is 1450. The summed E-state index contributed by atoms with van der Waals surface area (Å²) in [6.07, 6.45) is 0.161. The summed E-state index contributed by atoms with van der Waals surface area (Å²) < 4.78 is 56.9. The number of rotatable bonds is 9. The van der Waals surface area contributed by atoms with Crippen molar-refractivity contribution in [3.8, 4) is 11.3 Å². The van der Waals surface area contributed by atoms with Crippen molar-refractivity contribution in [1.29, 1.82) is 0 Å². The lowest BCUT2D eigenvalue weighted by molar-refractivity contribution is -0.138. The van der Waals surface area contributed by atoms with Crippen molar-refractivity contribution in [2.75, 3.05) is 42.9 Å². The Morgan fingerprint density at radius 1 is 1.12 bits per heavy atom. The molecule has 15 heteroatoms. The average Bonchev–Trinajstić information content (AvgIpc) is 3.51. The summed E-state index contributed by atoms with van der Waals surface area (Å²) in [6.45, 7) is 8.54. The molecule has 43 heavy (non-hydrogen) atoms. The SMILES string of the molecule is Cc1ncc(-c2nc(Nc3ncnc(N4CCN(CCC(=O)O)CC4)c3F)sc2CN2[C@H](C)CC[C@H]2C)cc1C(F)(F)F. The number of halogens is 4. The Morgan fingerprint density at radius 3 is 2.47 bits per heavy atom. The molecule has 0 saturated carbocycles. The van der Waals surface area contributed by atoms with E-state index in [1.165, 1.54) is 30.8 Å². The second kappa shape index (κ2) is 12.7. The standard InChI is InChI=1S/C28H34F4N8O2S/c1-16-4-5-17(2)40(16)14-21-24(19-12-20(28(30,31)32)18(3)33-13-19)36-27(43-21)37-25-23(29)26(35-15-34-25)39-10-8-38(9-11-39)7-6-22(41)42/h12-13,15-17H,4-11,14H2,1-3H3,(H,41,42)(H,34,35,36,37)/t16-,17-/m1/s1. The molecule has 2 fully saturated rings. The predicted octanol–water partition coefficient (Wildman–Crippen LogP) is 5.17. The molecule has 2 atom stereocenters. The minimum absolute atomic E-state index is 0.0412. The van der Waals surface area contributed by atoms with Crippen LogP contribution < -0.4 is 10.2 Å². The molecule has 0 aliphatic carbocycles. The van der Waals surface area contributed by atoms with Gasteiger partial charge in [0.2, 0.25) is 5.82 Å². The summed E-state index contributed by atoms with van der Waals surface area (Å²) in [4.78, 5) is 34.6. The highest BCUT2D eigenvalue weighted by molar-refractivity contribution is 7.16. The number of alkyl halides is 3. The van der Waals surface area contributed by atoms with Crippen LogP contribution in [0.1, 0.15) is 49.2 Å². The number of likely N-dealkylation sites (tertiary alicyclic amines) is 1. The first kappa shape index (κ1) is 31.0. The largest absolute Gasteiger partial charge is 0.481 e. The molecule has 10 nitrogen and oxygen atoms in total. The van der Waals surface area contributed by atoms with Crippen molar-refractivity contribution in [1.82, 2.24) is 29.7 Å². The maximum Gasteiger partial charge on any atom is 0.418 e. The molecule has 2 saturated heterocycles. The maximum atomic E-state index is 15.7. The van der Waals surface area contributed by atoms with Crippen molar-refractivity contribution in [2.24, 2.45) is 0 Å². The van der Waals surface area contributed by atoms with Gasteiger partial charge in [0.25, 0.3) is 0 Å². The van der Waals surface area contributed by atoms with Crippen molar-refractivity contribution < 1.29 is 27.5 Å². The normalized spacial score (nSPS) is 20.1. The lowest BCUT2D eigenvalue weighted by Crippen LogP contribution is -2.47. The van der Waals surface area contributed by atoms with Crippen LogP contribution in [-0.4, -0.2) is 85.6 Å². The van der Waals surface area contributed by atoms with Gasteiger partial charge >= 0.3 is 12.1 Å². The van der Waals surface area contributed by atoms with E-state index in [0.717, 1.165) is 23.8 Å². The van der Waals surface area contributed by atoms with E-state index in [2.05, 4.69) is 44.0 Å². The van der Waals surface area contributed by atoms with Crippen molar-refractivity contribution >= 4 is 34.1 Å². The zero-order valence-corrected chi connectivity index (χ0v) is 25.0. The average molecular weight is 623 g/mol. The Kier molecular flexibility index (Phi) is 9.13. The summed E-state index contributed by atoms with van der Waals surface area (Å²) in [6, 6.07) is 1.67. The number of nitrogens with one attached hydrogen (secondary N) is 1. The molecular formula is C28H34F4N8O2S. The number of carboxylic acid groups (broad SMARTS) is 1. The fourth-order valence-electron chi connectivity index (χ4n) is 5.62. The highest BCUT2D eigenvalue weighted by Crippen LogP contribution is 2.39. The minimum Gasteiger partial charge on any atom is -0.481 e. The zero-order valence-electron chi connectivity index (χ0n) is 24.2. The van der Waals surface area contributed by atoms with Gasteiger partial charge in [-0.25, -0.2) is 15.0 Å². The van der Waals surface area contributed by atoms with E-state index in [1.54, 1.807) is 4.90 Å². The molecule has 0 aromatic carbocycles. The summed E-state index contributed by atoms with van der Waals surface area (Å²) >= 11 is 1.25. The molecule has 3 aromatic rings. The van der Waals surface area contributed by atoms with Crippen LogP contribution in [0.25, 0.3) is 11.3 Å². The molecule has 2 aliphatic heterocycles. The fourth-order valence-corrected chi connectivity index (χ4v) is 6.61. The summed E-state index contributed by atoms with van der Waals surface area (Å²) in [7, 11) is 0. The molecule has 0 radical (unpaired) electrons. The highest BCUT2D eigenvalue weighted by Gasteiger charge is 2.34. The number of aromatic nitrogens is 4. The molecule has 0 unspecified atom stereocenters. The number of carboxylic acids is 1. The number of piperazine rings is 1. The number of pyridine rings is 1. The number of aliphatic carboxylic acids is 1. The number of aryl methyl sites for hydroxylation is 1. The van der Waals surface area contributed by atoms with Gasteiger partial charge in [-0.2, -0.15) is 17.6 Å². The molecule has 5 rings (SSSR count). The first-order valence-electron chi connectivity index (χ1n) is 14.2. The lowest BCUT2D eigenvalue weighted by Gasteiger charge is -2.35. The molecule has 2 N–H and O–H groups in total. The van der Waals surface area contributed by atoms with Gasteiger partial charge in [0, 0.05) is 73.7 Å². The maximum absolute atomic E-state index is 15.7. The quantitative estimate of drug-likeness (QED) is 0.310. The second-order valence-corrected chi connectivity index (χ2v) is 12.1. The topological polar surface area (TPSA) is 111 Å². The van der Waals surface area contributed by atoms with Crippen LogP contribution in [0, 0.1) is 12.7 Å². The molecule has 0 bridgehead atoms. The van der Waals surface area contributed by atoms with Crippen molar-refractivity contribution in [3.63, 3.8) is 0 Å². The molecule has 3 aromatic heterocycles. The minimum atomic E-state index is -4.56. The van der Waals surface area contributed by atoms with Gasteiger partial charge in [-0.15, -0.1) is 0 Å². The van der Waals surface area contributed by atoms with Crippen LogP contribution in [-0.2, 0) is 17.5 Å². The summed E-state index contributed by atoms with van der Waals surface area (Å²) in [5.41, 5.74) is -0.340. The lowest BCUT2D eigenvalue weighted by atomic mass is 10.1. The fraction of sp³-hybridized carbons (Fsp3) is 0.536. The third kappa shape index (κ3) is 7.04. The first-order valence-corrected chi connectivity index (χ1v) is 15.0. The van der Waals surface area contributed by atoms with Crippen LogP contribution in [0.2, 0.25) is 0 Å². The third-order valence-electron chi connectivity index (χ3n) is 8.13. The monoisotopic (exact) mass is 622 g/mol. The van der Waals surface area contributed by atoms with Gasteiger partial charge < -0.3 is 15.3 Å². The Balaban J connectivity index is 1.42. The summed E-state index contributed by atoms with van der Waals surface area (Å²) in [5, 5.41) is 12.2. The van der Waals surface area contributed by atoms with E-state index in [4.69, 9.17) is 5.11 Å². The van der Waals surface area contributed by atoms with E-state index in [1.807, 2.05) is 4.90 Å². The van der Waals surface area contributed by atoms with Gasteiger partial charge in [0.05, 0.1) is 17.7 Å². The van der Waals surface area contributed by atoms with Crippen LogP contribution >= 0.6 is 11.3 Å². The number of carbonyl (C=O) groups is 1. The molecular weight excluding hydrogens is 588 g/mol. The van der Waals surface area contributed by atoms with Crippen LogP contribution in [0.15, 0.2) is 18.6 Å². The number of hydrogen-bond acceptors (Lipinski definition) is 10. The van der Waals surface area contributed by atoms with Gasteiger partial charge in [-0.05, 0) is 39.7 Å². The van der Waals surface area contributed by atoms with Crippen LogP contribution in [0.5, 0.6) is 0 Å². The predicted molar refractivity (Wildman–Crippen MR) is 155 cm³/mol. The number of thiazole rings is 1. The van der Waals surface area contributed by atoms with E-state index in [9.17, 15) is 18.0 Å². The van der Waals surface area contributed by atoms with E-state index in [-0.39, 0.29) is 29.3 Å². The Hall–Kier alpha value is -3.43.